The van der Waals surface area contributed by atoms with Gasteiger partial charge >= 0.3 is 0 Å². The van der Waals surface area contributed by atoms with E-state index >= 15 is 0 Å². The van der Waals surface area contributed by atoms with Gasteiger partial charge in [-0.05, 0) is 61.7 Å². The first kappa shape index (κ1) is 19.5. The van der Waals surface area contributed by atoms with Crippen LogP contribution in [0.1, 0.15) is 48.5 Å². The van der Waals surface area contributed by atoms with E-state index in [1.165, 1.54) is 19.8 Å². The fraction of sp³-hybridized carbons (Fsp3) is 0.391. The Morgan fingerprint density at radius 1 is 1.03 bits per heavy atom. The molecule has 2 aromatic rings. The van der Waals surface area contributed by atoms with Gasteiger partial charge in [0.05, 0.1) is 6.54 Å². The molecule has 29 heavy (non-hydrogen) atoms. The smallest absolute Gasteiger partial charge is 0.238 e. The maximum atomic E-state index is 12.7. The standard InChI is InChI=1S/C23H26N2O4/c1-16(26)18-7-9-19(10-8-18)24-23(27)14-25(20-4-2-3-5-20)13-17-6-11-21-22(12-17)29-15-28-21/h6-12,20H,2-5,13-15H2,1H3,(H,24,27). The minimum Gasteiger partial charge on any atom is -0.454 e. The first-order chi connectivity index (χ1) is 14.1. The maximum Gasteiger partial charge on any atom is 0.238 e. The highest BCUT2D eigenvalue weighted by Crippen LogP contribution is 2.33. The van der Waals surface area contributed by atoms with Crippen molar-refractivity contribution in [2.45, 2.75) is 45.2 Å². The number of ketones is 1. The second-order valence-corrected chi connectivity index (χ2v) is 7.71. The molecule has 1 heterocycles. The topological polar surface area (TPSA) is 67.9 Å². The Bertz CT molecular complexity index is 888. The third kappa shape index (κ3) is 4.77. The number of amides is 1. The van der Waals surface area contributed by atoms with E-state index in [0.717, 1.165) is 29.9 Å². The number of Topliss-reactive ketones (excluding diaryl/α,β-unsaturated/α-hetero) is 1. The van der Waals surface area contributed by atoms with Gasteiger partial charge in [-0.3, -0.25) is 14.5 Å². The molecule has 0 spiro atoms. The van der Waals surface area contributed by atoms with Crippen LogP contribution in [0.15, 0.2) is 42.5 Å². The van der Waals surface area contributed by atoms with E-state index < -0.39 is 0 Å². The summed E-state index contributed by atoms with van der Waals surface area (Å²) in [6, 6.07) is 13.4. The summed E-state index contributed by atoms with van der Waals surface area (Å²) in [4.78, 5) is 26.4. The highest BCUT2D eigenvalue weighted by molar-refractivity contribution is 5.96. The average Bonchev–Trinajstić information content (AvgIpc) is 3.39. The van der Waals surface area contributed by atoms with Crippen LogP contribution in [-0.4, -0.2) is 36.0 Å². The lowest BCUT2D eigenvalue weighted by molar-refractivity contribution is -0.118. The minimum absolute atomic E-state index is 0.0130. The summed E-state index contributed by atoms with van der Waals surface area (Å²) in [6.45, 7) is 2.81. The van der Waals surface area contributed by atoms with Crippen molar-refractivity contribution in [2.24, 2.45) is 0 Å². The molecule has 0 unspecified atom stereocenters. The largest absolute Gasteiger partial charge is 0.454 e. The Hall–Kier alpha value is -2.86. The number of fused-ring (bicyclic) bond motifs is 1. The number of benzene rings is 2. The van der Waals surface area contributed by atoms with E-state index in [4.69, 9.17) is 9.47 Å². The van der Waals surface area contributed by atoms with Crippen LogP contribution in [0, 0.1) is 0 Å². The number of anilines is 1. The van der Waals surface area contributed by atoms with Gasteiger partial charge in [-0.25, -0.2) is 0 Å². The molecule has 152 valence electrons. The summed E-state index contributed by atoms with van der Waals surface area (Å²) in [5.41, 5.74) is 2.45. The van der Waals surface area contributed by atoms with Crippen molar-refractivity contribution in [3.63, 3.8) is 0 Å². The van der Waals surface area contributed by atoms with E-state index in [1.807, 2.05) is 18.2 Å². The zero-order chi connectivity index (χ0) is 20.2. The Labute approximate surface area is 170 Å². The molecule has 1 saturated carbocycles. The highest BCUT2D eigenvalue weighted by atomic mass is 16.7. The van der Waals surface area contributed by atoms with Crippen LogP contribution in [0.3, 0.4) is 0 Å². The zero-order valence-corrected chi connectivity index (χ0v) is 16.6. The second kappa shape index (κ2) is 8.66. The molecule has 0 bridgehead atoms. The minimum atomic E-state index is -0.0479. The number of ether oxygens (including phenoxy) is 2. The van der Waals surface area contributed by atoms with Crippen molar-refractivity contribution in [1.82, 2.24) is 4.90 Å². The molecule has 6 nitrogen and oxygen atoms in total. The number of carbonyl (C=O) groups is 2. The molecule has 4 rings (SSSR count). The number of carbonyl (C=O) groups excluding carboxylic acids is 2. The normalized spacial score (nSPS) is 15.7. The van der Waals surface area contributed by atoms with Crippen LogP contribution >= 0.6 is 0 Å². The van der Waals surface area contributed by atoms with Crippen molar-refractivity contribution < 1.29 is 19.1 Å². The van der Waals surface area contributed by atoms with Crippen LogP contribution in [0.5, 0.6) is 11.5 Å². The van der Waals surface area contributed by atoms with Gasteiger partial charge in [0, 0.05) is 23.8 Å². The van der Waals surface area contributed by atoms with Gasteiger partial charge in [0.15, 0.2) is 17.3 Å². The lowest BCUT2D eigenvalue weighted by Crippen LogP contribution is -2.39. The van der Waals surface area contributed by atoms with Gasteiger partial charge in [0.1, 0.15) is 0 Å². The summed E-state index contributed by atoms with van der Waals surface area (Å²) in [5.74, 6) is 1.50. The monoisotopic (exact) mass is 394 g/mol. The first-order valence-corrected chi connectivity index (χ1v) is 10.1. The first-order valence-electron chi connectivity index (χ1n) is 10.1. The molecule has 0 radical (unpaired) electrons. The van der Waals surface area contributed by atoms with Crippen LogP contribution in [0.4, 0.5) is 5.69 Å². The third-order valence-corrected chi connectivity index (χ3v) is 5.59. The average molecular weight is 394 g/mol. The summed E-state index contributed by atoms with van der Waals surface area (Å²) < 4.78 is 10.9. The van der Waals surface area contributed by atoms with Crippen molar-refractivity contribution in [2.75, 3.05) is 18.7 Å². The lowest BCUT2D eigenvalue weighted by Gasteiger charge is -2.28. The zero-order valence-electron chi connectivity index (χ0n) is 16.6. The lowest BCUT2D eigenvalue weighted by atomic mass is 10.1. The van der Waals surface area contributed by atoms with E-state index in [0.29, 0.717) is 30.4 Å². The number of rotatable bonds is 7. The van der Waals surface area contributed by atoms with E-state index in [-0.39, 0.29) is 18.5 Å². The SMILES string of the molecule is CC(=O)c1ccc(NC(=O)CN(Cc2ccc3c(c2)OCO3)C2CCCC2)cc1. The molecule has 2 aliphatic rings. The molecule has 2 aromatic carbocycles. The maximum absolute atomic E-state index is 12.7. The Morgan fingerprint density at radius 3 is 2.48 bits per heavy atom. The number of hydrogen-bond donors (Lipinski definition) is 1. The second-order valence-electron chi connectivity index (χ2n) is 7.71. The predicted octanol–water partition coefficient (Wildman–Crippen LogP) is 4.00. The van der Waals surface area contributed by atoms with E-state index in [9.17, 15) is 9.59 Å². The third-order valence-electron chi connectivity index (χ3n) is 5.59. The van der Waals surface area contributed by atoms with E-state index in [1.54, 1.807) is 24.3 Å². The predicted molar refractivity (Wildman–Crippen MR) is 110 cm³/mol. The molecular formula is C23H26N2O4. The molecule has 1 N–H and O–H groups in total. The molecular weight excluding hydrogens is 368 g/mol. The molecule has 6 heteroatoms. The van der Waals surface area contributed by atoms with Gasteiger partial charge in [-0.15, -0.1) is 0 Å². The van der Waals surface area contributed by atoms with Crippen LogP contribution in [-0.2, 0) is 11.3 Å². The van der Waals surface area contributed by atoms with Crippen LogP contribution in [0.2, 0.25) is 0 Å². The van der Waals surface area contributed by atoms with Crippen molar-refractivity contribution in [1.29, 1.82) is 0 Å². The van der Waals surface area contributed by atoms with Gasteiger partial charge < -0.3 is 14.8 Å². The van der Waals surface area contributed by atoms with Crippen LogP contribution in [0.25, 0.3) is 0 Å². The molecule has 1 aliphatic heterocycles. The summed E-state index contributed by atoms with van der Waals surface area (Å²) in [7, 11) is 0. The van der Waals surface area contributed by atoms with Crippen molar-refractivity contribution >= 4 is 17.4 Å². The van der Waals surface area contributed by atoms with Gasteiger partial charge in [-0.2, -0.15) is 0 Å². The number of nitrogens with zero attached hydrogens (tertiary/aromatic N) is 1. The fourth-order valence-electron chi connectivity index (χ4n) is 4.03. The quantitative estimate of drug-likeness (QED) is 0.719. The Morgan fingerprint density at radius 2 is 1.76 bits per heavy atom. The van der Waals surface area contributed by atoms with Crippen molar-refractivity contribution in [3.8, 4) is 11.5 Å². The van der Waals surface area contributed by atoms with Crippen LogP contribution < -0.4 is 14.8 Å². The number of hydrogen-bond acceptors (Lipinski definition) is 5. The summed E-state index contributed by atoms with van der Waals surface area (Å²) in [6.07, 6.45) is 4.64. The van der Waals surface area contributed by atoms with Gasteiger partial charge in [0.25, 0.3) is 0 Å². The molecule has 0 aromatic heterocycles. The summed E-state index contributed by atoms with van der Waals surface area (Å²) >= 11 is 0. The molecule has 1 amide bonds. The van der Waals surface area contributed by atoms with Gasteiger partial charge in [-0.1, -0.05) is 18.9 Å². The molecule has 1 fully saturated rings. The van der Waals surface area contributed by atoms with Gasteiger partial charge in [0.2, 0.25) is 12.7 Å². The van der Waals surface area contributed by atoms with Crippen molar-refractivity contribution in [3.05, 3.63) is 53.6 Å². The number of nitrogens with one attached hydrogen (secondary N) is 1. The Balaban J connectivity index is 1.42. The molecule has 0 atom stereocenters. The van der Waals surface area contributed by atoms with E-state index in [2.05, 4.69) is 10.2 Å². The fourth-order valence-corrected chi connectivity index (χ4v) is 4.03. The Kier molecular flexibility index (Phi) is 5.81. The molecule has 0 saturated heterocycles. The highest BCUT2D eigenvalue weighted by Gasteiger charge is 2.25. The summed E-state index contributed by atoms with van der Waals surface area (Å²) in [5, 5.41) is 2.95. The molecule has 1 aliphatic carbocycles.